The quantitative estimate of drug-likeness (QED) is 0.170. The van der Waals surface area contributed by atoms with Gasteiger partial charge in [-0.1, -0.05) is 45.9 Å². The summed E-state index contributed by atoms with van der Waals surface area (Å²) in [6.45, 7) is 12.7. The first-order valence-corrected chi connectivity index (χ1v) is 13.7. The molecule has 1 unspecified atom stereocenters. The molecular formula is C33H37NO6. The molecule has 0 saturated carbocycles. The van der Waals surface area contributed by atoms with Gasteiger partial charge in [-0.05, 0) is 84.8 Å². The first-order valence-electron chi connectivity index (χ1n) is 13.7. The molecule has 3 aromatic carbocycles. The summed E-state index contributed by atoms with van der Waals surface area (Å²) in [5.74, 6) is -0.553. The third-order valence-electron chi connectivity index (χ3n) is 7.09. The molecule has 1 aliphatic heterocycles. The Balaban J connectivity index is 1.94. The van der Waals surface area contributed by atoms with Gasteiger partial charge in [0.25, 0.3) is 11.7 Å². The third kappa shape index (κ3) is 5.41. The summed E-state index contributed by atoms with van der Waals surface area (Å²) in [6.07, 6.45) is 0. The van der Waals surface area contributed by atoms with E-state index in [2.05, 4.69) is 13.8 Å². The van der Waals surface area contributed by atoms with Gasteiger partial charge in [0.05, 0.1) is 24.8 Å². The van der Waals surface area contributed by atoms with Crippen LogP contribution in [0.3, 0.4) is 0 Å². The number of rotatable bonds is 9. The largest absolute Gasteiger partial charge is 0.507 e. The van der Waals surface area contributed by atoms with Crippen molar-refractivity contribution < 1.29 is 29.3 Å². The average Bonchev–Trinajstić information content (AvgIpc) is 3.20. The van der Waals surface area contributed by atoms with Crippen LogP contribution in [0, 0.1) is 0 Å². The van der Waals surface area contributed by atoms with Crippen LogP contribution in [-0.4, -0.2) is 35.1 Å². The number of ketones is 1. The fourth-order valence-electron chi connectivity index (χ4n) is 5.00. The Morgan fingerprint density at radius 2 is 1.50 bits per heavy atom. The zero-order chi connectivity index (χ0) is 29.1. The van der Waals surface area contributed by atoms with Gasteiger partial charge < -0.3 is 19.7 Å². The molecule has 3 aromatic rings. The highest BCUT2D eigenvalue weighted by Crippen LogP contribution is 2.44. The van der Waals surface area contributed by atoms with Crippen molar-refractivity contribution in [3.63, 3.8) is 0 Å². The van der Waals surface area contributed by atoms with Gasteiger partial charge in [0.15, 0.2) is 11.5 Å². The Labute approximate surface area is 235 Å². The van der Waals surface area contributed by atoms with Gasteiger partial charge in [-0.2, -0.15) is 0 Å². The summed E-state index contributed by atoms with van der Waals surface area (Å²) in [7, 11) is 0. The zero-order valence-corrected chi connectivity index (χ0v) is 23.9. The number of benzene rings is 3. The Morgan fingerprint density at radius 1 is 0.850 bits per heavy atom. The Hall–Kier alpha value is -4.26. The predicted octanol–water partition coefficient (Wildman–Crippen LogP) is 7.06. The number of hydrogen-bond donors (Lipinski definition) is 2. The highest BCUT2D eigenvalue weighted by atomic mass is 16.5. The van der Waals surface area contributed by atoms with Crippen LogP contribution < -0.4 is 14.4 Å². The van der Waals surface area contributed by atoms with Crippen LogP contribution in [0.2, 0.25) is 0 Å². The number of phenols is 1. The lowest BCUT2D eigenvalue weighted by molar-refractivity contribution is -0.132. The van der Waals surface area contributed by atoms with E-state index in [9.17, 15) is 19.8 Å². The molecule has 0 spiro atoms. The molecule has 1 saturated heterocycles. The molecule has 1 amide bonds. The van der Waals surface area contributed by atoms with Crippen LogP contribution in [0.4, 0.5) is 5.69 Å². The minimum Gasteiger partial charge on any atom is -0.507 e. The molecular weight excluding hydrogens is 506 g/mol. The third-order valence-corrected chi connectivity index (χ3v) is 7.09. The predicted molar refractivity (Wildman–Crippen MR) is 156 cm³/mol. The second kappa shape index (κ2) is 11.9. The van der Waals surface area contributed by atoms with E-state index in [-0.39, 0.29) is 28.7 Å². The standard InChI is InChI=1S/C33H37NO6/c1-7-39-27-16-12-23(17-25(27)20(5)6)31(36)29-30(22-11-15-26(35)28(18-22)40-8-2)34(33(38)32(29)37)24-13-9-21(10-14-24)19(3)4/h9-20,30,35-36H,7-8H2,1-6H3/b31-29+. The van der Waals surface area contributed by atoms with Crippen molar-refractivity contribution in [3.8, 4) is 17.2 Å². The fraction of sp³-hybridized carbons (Fsp3) is 0.333. The number of aliphatic hydroxyl groups excluding tert-OH is 1. The minimum atomic E-state index is -0.946. The second-order valence-electron chi connectivity index (χ2n) is 10.4. The highest BCUT2D eigenvalue weighted by molar-refractivity contribution is 6.51. The topological polar surface area (TPSA) is 96.3 Å². The molecule has 0 radical (unpaired) electrons. The van der Waals surface area contributed by atoms with Gasteiger partial charge >= 0.3 is 0 Å². The average molecular weight is 544 g/mol. The number of Topliss-reactive ketones (excluding diaryl/α,β-unsaturated/α-hetero) is 1. The maximum absolute atomic E-state index is 13.6. The number of amides is 1. The summed E-state index contributed by atoms with van der Waals surface area (Å²) in [4.78, 5) is 28.6. The summed E-state index contributed by atoms with van der Waals surface area (Å²) in [5, 5.41) is 22.0. The van der Waals surface area contributed by atoms with Crippen molar-refractivity contribution >= 4 is 23.1 Å². The first kappa shape index (κ1) is 28.7. The van der Waals surface area contributed by atoms with E-state index >= 15 is 0 Å². The number of phenolic OH excluding ortho intramolecular Hbond substituents is 1. The molecule has 1 aliphatic rings. The molecule has 1 atom stereocenters. The molecule has 40 heavy (non-hydrogen) atoms. The molecule has 1 fully saturated rings. The summed E-state index contributed by atoms with van der Waals surface area (Å²) in [5.41, 5.74) is 3.39. The molecule has 1 heterocycles. The molecule has 0 bridgehead atoms. The SMILES string of the molecule is CCOc1cc(C2/C(=C(\O)c3ccc(OCC)c(C(C)C)c3)C(=O)C(=O)N2c2ccc(C(C)C)cc2)ccc1O. The Kier molecular flexibility index (Phi) is 8.52. The van der Waals surface area contributed by atoms with E-state index in [1.165, 1.54) is 11.0 Å². The molecule has 0 aromatic heterocycles. The number of anilines is 1. The van der Waals surface area contributed by atoms with Gasteiger partial charge in [-0.15, -0.1) is 0 Å². The van der Waals surface area contributed by atoms with Crippen molar-refractivity contribution in [3.05, 3.63) is 88.5 Å². The molecule has 7 nitrogen and oxygen atoms in total. The number of hydrogen-bond acceptors (Lipinski definition) is 6. The van der Waals surface area contributed by atoms with Crippen LogP contribution in [-0.2, 0) is 9.59 Å². The lowest BCUT2D eigenvalue weighted by Crippen LogP contribution is -2.29. The van der Waals surface area contributed by atoms with Crippen molar-refractivity contribution in [1.29, 1.82) is 0 Å². The van der Waals surface area contributed by atoms with E-state index in [1.54, 1.807) is 37.3 Å². The van der Waals surface area contributed by atoms with Gasteiger partial charge in [-0.3, -0.25) is 14.5 Å². The van der Waals surface area contributed by atoms with Crippen LogP contribution in [0.25, 0.3) is 5.76 Å². The zero-order valence-electron chi connectivity index (χ0n) is 23.9. The van der Waals surface area contributed by atoms with Crippen molar-refractivity contribution in [1.82, 2.24) is 0 Å². The number of carbonyl (C=O) groups is 2. The molecule has 210 valence electrons. The molecule has 0 aliphatic carbocycles. The summed E-state index contributed by atoms with van der Waals surface area (Å²) >= 11 is 0. The van der Waals surface area contributed by atoms with Crippen molar-refractivity contribution in [2.24, 2.45) is 0 Å². The van der Waals surface area contributed by atoms with Crippen molar-refractivity contribution in [2.45, 2.75) is 59.4 Å². The summed E-state index contributed by atoms with van der Waals surface area (Å²) < 4.78 is 11.4. The van der Waals surface area contributed by atoms with E-state index in [1.807, 2.05) is 45.0 Å². The van der Waals surface area contributed by atoms with Crippen LogP contribution >= 0.6 is 0 Å². The fourth-order valence-corrected chi connectivity index (χ4v) is 5.00. The maximum Gasteiger partial charge on any atom is 0.300 e. The lowest BCUT2D eigenvalue weighted by atomic mass is 9.92. The van der Waals surface area contributed by atoms with Crippen molar-refractivity contribution in [2.75, 3.05) is 18.1 Å². The number of carbonyl (C=O) groups excluding carboxylic acids is 2. The molecule has 7 heteroatoms. The molecule has 4 rings (SSSR count). The van der Waals surface area contributed by atoms with Crippen LogP contribution in [0.15, 0.2) is 66.2 Å². The number of nitrogens with zero attached hydrogens (tertiary/aromatic N) is 1. The maximum atomic E-state index is 13.6. The monoisotopic (exact) mass is 543 g/mol. The number of aromatic hydroxyl groups is 1. The Bertz CT molecular complexity index is 1440. The van der Waals surface area contributed by atoms with Gasteiger partial charge in [-0.25, -0.2) is 0 Å². The first-order chi connectivity index (χ1) is 19.1. The van der Waals surface area contributed by atoms with Gasteiger partial charge in [0.1, 0.15) is 11.5 Å². The highest BCUT2D eigenvalue weighted by Gasteiger charge is 2.47. The van der Waals surface area contributed by atoms with Crippen LogP contribution in [0.1, 0.15) is 81.7 Å². The van der Waals surface area contributed by atoms with E-state index < -0.39 is 17.7 Å². The van der Waals surface area contributed by atoms with E-state index in [0.717, 1.165) is 11.1 Å². The normalized spacial score (nSPS) is 16.7. The Morgan fingerprint density at radius 3 is 2.10 bits per heavy atom. The van der Waals surface area contributed by atoms with E-state index in [4.69, 9.17) is 9.47 Å². The van der Waals surface area contributed by atoms with Gasteiger partial charge in [0.2, 0.25) is 0 Å². The van der Waals surface area contributed by atoms with Gasteiger partial charge in [0, 0.05) is 11.3 Å². The summed E-state index contributed by atoms with van der Waals surface area (Å²) in [6, 6.07) is 16.5. The molecule has 2 N–H and O–H groups in total. The number of ether oxygens (including phenoxy) is 2. The minimum absolute atomic E-state index is 0.0371. The second-order valence-corrected chi connectivity index (χ2v) is 10.4. The van der Waals surface area contributed by atoms with Crippen LogP contribution in [0.5, 0.6) is 17.2 Å². The van der Waals surface area contributed by atoms with E-state index in [0.29, 0.717) is 41.7 Å². The lowest BCUT2D eigenvalue weighted by Gasteiger charge is -2.26. The number of aliphatic hydroxyl groups is 1. The smallest absolute Gasteiger partial charge is 0.300 e.